The van der Waals surface area contributed by atoms with Crippen molar-refractivity contribution in [2.45, 2.75) is 6.42 Å². The Morgan fingerprint density at radius 2 is 1.78 bits per heavy atom. The van der Waals surface area contributed by atoms with Gasteiger partial charge in [0.15, 0.2) is 5.75 Å². The van der Waals surface area contributed by atoms with E-state index < -0.39 is 17.7 Å². The molecule has 1 heterocycles. The predicted octanol–water partition coefficient (Wildman–Crippen LogP) is 2.51. The van der Waals surface area contributed by atoms with Gasteiger partial charge in [-0.3, -0.25) is 4.98 Å². The number of phenolic OH excluding ortho intramolecular Hbond substituents is 1. The van der Waals surface area contributed by atoms with Crippen molar-refractivity contribution in [2.75, 3.05) is 7.11 Å². The molecule has 0 saturated heterocycles. The fraction of sp³-hybridized carbons (Fsp3) is 0.105. The molecule has 8 heteroatoms. The number of carboxylic acid groups (broad SMARTS) is 1. The topological polar surface area (TPSA) is 96.7 Å². The number of halogens is 1. The van der Waals surface area contributed by atoms with Gasteiger partial charge in [0, 0.05) is 11.6 Å². The zero-order chi connectivity index (χ0) is 18.8. The number of aromatic carboxylic acids is 1. The second-order valence-corrected chi connectivity index (χ2v) is 5.66. The SMILES string of the molecule is COC(=O)c1cc(C(=O)O)c2cc(Cc3ccc(F)cc3)cnc2c1O.[KH]. The predicted molar refractivity (Wildman–Crippen MR) is 98.1 cm³/mol. The fourth-order valence-corrected chi connectivity index (χ4v) is 2.70. The molecule has 2 aromatic carbocycles. The first-order valence-electron chi connectivity index (χ1n) is 7.61. The number of fused-ring (bicyclic) bond motifs is 1. The van der Waals surface area contributed by atoms with Crippen molar-refractivity contribution in [3.05, 3.63) is 70.7 Å². The number of hydrogen-bond donors (Lipinski definition) is 2. The van der Waals surface area contributed by atoms with Gasteiger partial charge in [0.25, 0.3) is 0 Å². The van der Waals surface area contributed by atoms with E-state index in [2.05, 4.69) is 9.72 Å². The van der Waals surface area contributed by atoms with Crippen molar-refractivity contribution in [3.8, 4) is 5.75 Å². The summed E-state index contributed by atoms with van der Waals surface area (Å²) in [5, 5.41) is 19.9. The molecule has 0 aliphatic carbocycles. The number of aromatic hydroxyl groups is 1. The first-order chi connectivity index (χ1) is 12.4. The third-order valence-corrected chi connectivity index (χ3v) is 3.96. The fourth-order valence-electron chi connectivity index (χ4n) is 2.70. The number of phenols is 1. The Morgan fingerprint density at radius 3 is 2.37 bits per heavy atom. The van der Waals surface area contributed by atoms with Crippen LogP contribution in [0.2, 0.25) is 0 Å². The van der Waals surface area contributed by atoms with E-state index in [1.54, 1.807) is 18.2 Å². The quantitative estimate of drug-likeness (QED) is 0.520. The third-order valence-electron chi connectivity index (χ3n) is 3.96. The monoisotopic (exact) mass is 395 g/mol. The molecular formula is C19H15FKNO5. The van der Waals surface area contributed by atoms with E-state index in [4.69, 9.17) is 0 Å². The number of methoxy groups -OCH3 is 1. The summed E-state index contributed by atoms with van der Waals surface area (Å²) in [5.41, 5.74) is 1.05. The van der Waals surface area contributed by atoms with Crippen LogP contribution >= 0.6 is 0 Å². The number of carboxylic acids is 1. The van der Waals surface area contributed by atoms with Crippen LogP contribution in [0.5, 0.6) is 5.75 Å². The maximum atomic E-state index is 13.0. The zero-order valence-corrected chi connectivity index (χ0v) is 13.7. The molecule has 0 radical (unpaired) electrons. The molecule has 0 fully saturated rings. The van der Waals surface area contributed by atoms with E-state index in [1.807, 2.05) is 0 Å². The summed E-state index contributed by atoms with van der Waals surface area (Å²) in [6.07, 6.45) is 1.87. The number of ether oxygens (including phenoxy) is 1. The van der Waals surface area contributed by atoms with Gasteiger partial charge in [-0.1, -0.05) is 12.1 Å². The van der Waals surface area contributed by atoms with E-state index in [-0.39, 0.29) is 79.2 Å². The molecule has 134 valence electrons. The second kappa shape index (κ2) is 8.90. The molecule has 0 atom stereocenters. The summed E-state index contributed by atoms with van der Waals surface area (Å²) in [6.45, 7) is 0. The number of esters is 1. The number of hydrogen-bond acceptors (Lipinski definition) is 5. The molecule has 0 saturated carbocycles. The minimum absolute atomic E-state index is 0. The number of rotatable bonds is 4. The number of carbonyl (C=O) groups excluding carboxylic acids is 1. The van der Waals surface area contributed by atoms with E-state index in [0.717, 1.165) is 18.7 Å². The molecule has 27 heavy (non-hydrogen) atoms. The summed E-state index contributed by atoms with van der Waals surface area (Å²) >= 11 is 0. The standard InChI is InChI=1S/C19H14FNO5.K.H/c1-26-19(25)15-8-14(18(23)24)13-7-11(9-21-16(13)17(15)22)6-10-2-4-12(20)5-3-10;;/h2-5,7-9,22H,6H2,1H3,(H,23,24);;. The van der Waals surface area contributed by atoms with Crippen LogP contribution in [-0.4, -0.2) is 85.6 Å². The van der Waals surface area contributed by atoms with Gasteiger partial charge in [-0.2, -0.15) is 0 Å². The molecule has 3 aromatic rings. The van der Waals surface area contributed by atoms with Crippen LogP contribution in [0, 0.1) is 5.82 Å². The normalized spacial score (nSPS) is 10.3. The van der Waals surface area contributed by atoms with Crippen molar-refractivity contribution < 1.29 is 28.9 Å². The molecule has 0 spiro atoms. The number of pyridine rings is 1. The molecule has 0 aliphatic heterocycles. The second-order valence-electron chi connectivity index (χ2n) is 5.66. The Labute approximate surface area is 196 Å². The summed E-state index contributed by atoms with van der Waals surface area (Å²) < 4.78 is 17.6. The zero-order valence-electron chi connectivity index (χ0n) is 13.7. The van der Waals surface area contributed by atoms with Crippen molar-refractivity contribution in [2.24, 2.45) is 0 Å². The van der Waals surface area contributed by atoms with Gasteiger partial charge >= 0.3 is 63.3 Å². The van der Waals surface area contributed by atoms with Gasteiger partial charge in [0.1, 0.15) is 16.9 Å². The molecule has 0 unspecified atom stereocenters. The number of carbonyl (C=O) groups is 2. The minimum atomic E-state index is -1.26. The average molecular weight is 395 g/mol. The third kappa shape index (κ3) is 4.53. The van der Waals surface area contributed by atoms with E-state index in [1.165, 1.54) is 18.3 Å². The van der Waals surface area contributed by atoms with Crippen molar-refractivity contribution in [3.63, 3.8) is 0 Å². The Hall–Kier alpha value is -1.84. The Kier molecular flexibility index (Phi) is 7.07. The van der Waals surface area contributed by atoms with Gasteiger partial charge in [-0.05, 0) is 41.8 Å². The van der Waals surface area contributed by atoms with Crippen LogP contribution in [0.4, 0.5) is 4.39 Å². The van der Waals surface area contributed by atoms with Crippen LogP contribution in [-0.2, 0) is 11.2 Å². The first kappa shape index (κ1) is 21.5. The average Bonchev–Trinajstić information content (AvgIpc) is 2.63. The van der Waals surface area contributed by atoms with Crippen LogP contribution in [0.1, 0.15) is 31.8 Å². The van der Waals surface area contributed by atoms with Gasteiger partial charge < -0.3 is 14.9 Å². The molecule has 1 aromatic heterocycles. The Morgan fingerprint density at radius 1 is 1.11 bits per heavy atom. The van der Waals surface area contributed by atoms with Crippen LogP contribution in [0.3, 0.4) is 0 Å². The van der Waals surface area contributed by atoms with Gasteiger partial charge in [-0.15, -0.1) is 0 Å². The molecule has 0 bridgehead atoms. The summed E-state index contributed by atoms with van der Waals surface area (Å²) in [7, 11) is 1.13. The number of nitrogens with zero attached hydrogens (tertiary/aromatic N) is 1. The van der Waals surface area contributed by atoms with Crippen molar-refractivity contribution in [1.29, 1.82) is 0 Å². The molecular weight excluding hydrogens is 380 g/mol. The van der Waals surface area contributed by atoms with Crippen molar-refractivity contribution in [1.82, 2.24) is 4.98 Å². The summed E-state index contributed by atoms with van der Waals surface area (Å²) in [4.78, 5) is 27.5. The van der Waals surface area contributed by atoms with Gasteiger partial charge in [0.05, 0.1) is 12.7 Å². The van der Waals surface area contributed by atoms with E-state index in [9.17, 15) is 24.2 Å². The number of aromatic nitrogens is 1. The van der Waals surface area contributed by atoms with Gasteiger partial charge in [-0.25, -0.2) is 14.0 Å². The summed E-state index contributed by atoms with van der Waals surface area (Å²) in [6, 6.07) is 8.55. The maximum absolute atomic E-state index is 13.0. The number of benzene rings is 2. The Balaban J connectivity index is 0.00000261. The molecule has 0 aliphatic rings. The molecule has 6 nitrogen and oxygen atoms in total. The van der Waals surface area contributed by atoms with E-state index in [0.29, 0.717) is 12.0 Å². The van der Waals surface area contributed by atoms with Crippen LogP contribution < -0.4 is 0 Å². The molecule has 3 rings (SSSR count). The molecule has 2 N–H and O–H groups in total. The van der Waals surface area contributed by atoms with Gasteiger partial charge in [0.2, 0.25) is 0 Å². The first-order valence-corrected chi connectivity index (χ1v) is 7.61. The Bertz CT molecular complexity index is 1020. The summed E-state index contributed by atoms with van der Waals surface area (Å²) in [5.74, 6) is -2.91. The molecule has 0 amide bonds. The van der Waals surface area contributed by atoms with Crippen LogP contribution in [0.25, 0.3) is 10.9 Å². The van der Waals surface area contributed by atoms with E-state index >= 15 is 0 Å². The van der Waals surface area contributed by atoms with Crippen LogP contribution in [0.15, 0.2) is 42.6 Å². The van der Waals surface area contributed by atoms with Crippen molar-refractivity contribution >= 4 is 74.2 Å².